The maximum atomic E-state index is 12.2. The molecule has 0 aliphatic heterocycles. The summed E-state index contributed by atoms with van der Waals surface area (Å²) in [5.74, 6) is 0.597. The lowest BCUT2D eigenvalue weighted by atomic mass is 10.1. The van der Waals surface area contributed by atoms with Gasteiger partial charge in [-0.05, 0) is 31.2 Å². The van der Waals surface area contributed by atoms with Crippen molar-refractivity contribution in [2.75, 3.05) is 12.4 Å². The van der Waals surface area contributed by atoms with Gasteiger partial charge < -0.3 is 4.74 Å². The standard InChI is InChI=1S/C18H16N2O2S/c1-12-7-9-13(10-8-12)17(21)20-18-19-15(11-23-18)14-5-3-4-6-16(14)22-2/h3-11H,1-2H3,(H,19,20,21). The number of nitrogens with one attached hydrogen (secondary N) is 1. The van der Waals surface area contributed by atoms with E-state index in [1.807, 2.05) is 48.7 Å². The van der Waals surface area contributed by atoms with E-state index in [1.54, 1.807) is 19.2 Å². The van der Waals surface area contributed by atoms with E-state index in [9.17, 15) is 4.79 Å². The summed E-state index contributed by atoms with van der Waals surface area (Å²) in [6.45, 7) is 1.99. The molecule has 5 heteroatoms. The van der Waals surface area contributed by atoms with E-state index in [4.69, 9.17) is 4.74 Å². The lowest BCUT2D eigenvalue weighted by molar-refractivity contribution is 0.102. The van der Waals surface area contributed by atoms with Crippen molar-refractivity contribution in [3.8, 4) is 17.0 Å². The number of ether oxygens (including phenoxy) is 1. The van der Waals surface area contributed by atoms with E-state index in [0.717, 1.165) is 22.6 Å². The number of benzene rings is 2. The van der Waals surface area contributed by atoms with Gasteiger partial charge in [0.05, 0.1) is 12.8 Å². The molecule has 0 aliphatic rings. The summed E-state index contributed by atoms with van der Waals surface area (Å²) in [7, 11) is 1.63. The second kappa shape index (κ2) is 6.62. The molecule has 0 spiro atoms. The van der Waals surface area contributed by atoms with Crippen molar-refractivity contribution in [2.24, 2.45) is 0 Å². The minimum atomic E-state index is -0.161. The Labute approximate surface area is 138 Å². The zero-order valence-electron chi connectivity index (χ0n) is 12.9. The third-order valence-electron chi connectivity index (χ3n) is 3.42. The molecule has 2 aromatic carbocycles. The van der Waals surface area contributed by atoms with Crippen LogP contribution in [0.3, 0.4) is 0 Å². The van der Waals surface area contributed by atoms with Crippen LogP contribution in [0.5, 0.6) is 5.75 Å². The third-order valence-corrected chi connectivity index (χ3v) is 4.18. The van der Waals surface area contributed by atoms with E-state index < -0.39 is 0 Å². The van der Waals surface area contributed by atoms with Gasteiger partial charge in [0.2, 0.25) is 0 Å². The van der Waals surface area contributed by atoms with Crippen molar-refractivity contribution in [3.63, 3.8) is 0 Å². The average Bonchev–Trinajstić information content (AvgIpc) is 3.03. The predicted molar refractivity (Wildman–Crippen MR) is 93.2 cm³/mol. The number of anilines is 1. The number of hydrogen-bond acceptors (Lipinski definition) is 4. The zero-order valence-corrected chi connectivity index (χ0v) is 13.7. The van der Waals surface area contributed by atoms with Crippen LogP contribution in [0.1, 0.15) is 15.9 Å². The normalized spacial score (nSPS) is 10.3. The first-order chi connectivity index (χ1) is 11.2. The first-order valence-corrected chi connectivity index (χ1v) is 8.02. The van der Waals surface area contributed by atoms with Crippen LogP contribution in [0.25, 0.3) is 11.3 Å². The fraction of sp³-hybridized carbons (Fsp3) is 0.111. The fourth-order valence-electron chi connectivity index (χ4n) is 2.19. The van der Waals surface area contributed by atoms with Crippen molar-refractivity contribution in [3.05, 3.63) is 65.0 Å². The minimum absolute atomic E-state index is 0.161. The fourth-order valence-corrected chi connectivity index (χ4v) is 2.89. The Morgan fingerprint density at radius 2 is 1.87 bits per heavy atom. The van der Waals surface area contributed by atoms with Crippen LogP contribution in [0.2, 0.25) is 0 Å². The Morgan fingerprint density at radius 1 is 1.13 bits per heavy atom. The van der Waals surface area contributed by atoms with Crippen LogP contribution in [-0.4, -0.2) is 18.0 Å². The number of nitrogens with zero attached hydrogens (tertiary/aromatic N) is 1. The van der Waals surface area contributed by atoms with Crippen molar-refractivity contribution in [1.82, 2.24) is 4.98 Å². The Balaban J connectivity index is 1.79. The van der Waals surface area contributed by atoms with Gasteiger partial charge in [-0.2, -0.15) is 0 Å². The van der Waals surface area contributed by atoms with E-state index in [1.165, 1.54) is 11.3 Å². The maximum Gasteiger partial charge on any atom is 0.257 e. The number of amides is 1. The Hall–Kier alpha value is -2.66. The van der Waals surface area contributed by atoms with Gasteiger partial charge in [-0.3, -0.25) is 10.1 Å². The molecule has 1 amide bonds. The van der Waals surface area contributed by atoms with E-state index in [-0.39, 0.29) is 5.91 Å². The van der Waals surface area contributed by atoms with Gasteiger partial charge in [0.25, 0.3) is 5.91 Å². The van der Waals surface area contributed by atoms with Gasteiger partial charge in [0.15, 0.2) is 5.13 Å². The topological polar surface area (TPSA) is 51.2 Å². The van der Waals surface area contributed by atoms with E-state index >= 15 is 0 Å². The summed E-state index contributed by atoms with van der Waals surface area (Å²) in [5, 5.41) is 5.30. The monoisotopic (exact) mass is 324 g/mol. The molecule has 3 aromatic rings. The molecule has 0 saturated heterocycles. The van der Waals surface area contributed by atoms with Crippen molar-refractivity contribution < 1.29 is 9.53 Å². The molecule has 1 N–H and O–H groups in total. The lowest BCUT2D eigenvalue weighted by Crippen LogP contribution is -2.11. The van der Waals surface area contributed by atoms with Gasteiger partial charge >= 0.3 is 0 Å². The summed E-state index contributed by atoms with van der Waals surface area (Å²) >= 11 is 1.39. The van der Waals surface area contributed by atoms with E-state index in [0.29, 0.717) is 10.7 Å². The Kier molecular flexibility index (Phi) is 4.39. The molecule has 0 unspecified atom stereocenters. The summed E-state index contributed by atoms with van der Waals surface area (Å²) in [6.07, 6.45) is 0. The largest absolute Gasteiger partial charge is 0.496 e. The van der Waals surface area contributed by atoms with Gasteiger partial charge in [0.1, 0.15) is 5.75 Å². The molecule has 0 bridgehead atoms. The first kappa shape index (κ1) is 15.2. The number of thiazole rings is 1. The number of carbonyl (C=O) groups excluding carboxylic acids is 1. The zero-order chi connectivity index (χ0) is 16.2. The summed E-state index contributed by atoms with van der Waals surface area (Å²) in [4.78, 5) is 16.7. The quantitative estimate of drug-likeness (QED) is 0.775. The van der Waals surface area contributed by atoms with Crippen LogP contribution in [-0.2, 0) is 0 Å². The molecule has 0 fully saturated rings. The average molecular weight is 324 g/mol. The number of rotatable bonds is 4. The molecule has 3 rings (SSSR count). The highest BCUT2D eigenvalue weighted by Gasteiger charge is 2.12. The summed E-state index contributed by atoms with van der Waals surface area (Å²) < 4.78 is 5.35. The van der Waals surface area contributed by atoms with Gasteiger partial charge in [-0.1, -0.05) is 29.8 Å². The number of aromatic nitrogens is 1. The van der Waals surface area contributed by atoms with Crippen LogP contribution in [0, 0.1) is 6.92 Å². The lowest BCUT2D eigenvalue weighted by Gasteiger charge is -2.05. The van der Waals surface area contributed by atoms with Gasteiger partial charge in [-0.15, -0.1) is 11.3 Å². The predicted octanol–water partition coefficient (Wildman–Crippen LogP) is 4.38. The van der Waals surface area contributed by atoms with E-state index in [2.05, 4.69) is 10.3 Å². The number of carbonyl (C=O) groups is 1. The van der Waals surface area contributed by atoms with Crippen LogP contribution in [0.4, 0.5) is 5.13 Å². The van der Waals surface area contributed by atoms with Crippen LogP contribution in [0.15, 0.2) is 53.9 Å². The Morgan fingerprint density at radius 3 is 2.61 bits per heavy atom. The SMILES string of the molecule is COc1ccccc1-c1csc(NC(=O)c2ccc(C)cc2)n1. The van der Waals surface area contributed by atoms with Crippen molar-refractivity contribution in [2.45, 2.75) is 6.92 Å². The number of aryl methyl sites for hydroxylation is 1. The highest BCUT2D eigenvalue weighted by molar-refractivity contribution is 7.14. The number of hydrogen-bond donors (Lipinski definition) is 1. The smallest absolute Gasteiger partial charge is 0.257 e. The number of para-hydroxylation sites is 1. The molecular weight excluding hydrogens is 308 g/mol. The molecule has 0 atom stereocenters. The molecule has 0 aliphatic carbocycles. The second-order valence-electron chi connectivity index (χ2n) is 5.06. The van der Waals surface area contributed by atoms with Crippen LogP contribution < -0.4 is 10.1 Å². The van der Waals surface area contributed by atoms with Crippen LogP contribution >= 0.6 is 11.3 Å². The third kappa shape index (κ3) is 3.40. The molecule has 1 heterocycles. The van der Waals surface area contributed by atoms with Crippen molar-refractivity contribution >= 4 is 22.4 Å². The highest BCUT2D eigenvalue weighted by Crippen LogP contribution is 2.31. The second-order valence-corrected chi connectivity index (χ2v) is 5.92. The molecule has 23 heavy (non-hydrogen) atoms. The van der Waals surface area contributed by atoms with Gasteiger partial charge in [0, 0.05) is 16.5 Å². The molecule has 1 aromatic heterocycles. The molecule has 0 saturated carbocycles. The summed E-state index contributed by atoms with van der Waals surface area (Å²) in [5.41, 5.74) is 3.42. The molecule has 0 radical (unpaired) electrons. The Bertz CT molecular complexity index is 825. The highest BCUT2D eigenvalue weighted by atomic mass is 32.1. The van der Waals surface area contributed by atoms with Crippen molar-refractivity contribution in [1.29, 1.82) is 0 Å². The summed E-state index contributed by atoms with van der Waals surface area (Å²) in [6, 6.07) is 15.1. The molecule has 4 nitrogen and oxygen atoms in total. The maximum absolute atomic E-state index is 12.2. The minimum Gasteiger partial charge on any atom is -0.496 e. The molecule has 116 valence electrons. The first-order valence-electron chi connectivity index (χ1n) is 7.14. The molecular formula is C18H16N2O2S. The van der Waals surface area contributed by atoms with Gasteiger partial charge in [-0.25, -0.2) is 4.98 Å². The number of methoxy groups -OCH3 is 1.